The maximum Gasteiger partial charge on any atom is 0.304 e. The summed E-state index contributed by atoms with van der Waals surface area (Å²) in [5.74, 6) is -0.780. The summed E-state index contributed by atoms with van der Waals surface area (Å²) in [5.41, 5.74) is -0.200. The second-order valence-corrected chi connectivity index (χ2v) is 4.96. The van der Waals surface area contributed by atoms with E-state index in [0.29, 0.717) is 6.54 Å². The van der Waals surface area contributed by atoms with Crippen molar-refractivity contribution < 1.29 is 14.6 Å². The Bertz CT molecular complexity index is 199. The number of carboxylic acid groups (broad SMARTS) is 1. The van der Waals surface area contributed by atoms with Crippen LogP contribution in [0, 0.1) is 0 Å². The zero-order chi connectivity index (χ0) is 12.6. The molecule has 4 nitrogen and oxygen atoms in total. The topological polar surface area (TPSA) is 58.6 Å². The molecule has 4 heteroatoms. The summed E-state index contributed by atoms with van der Waals surface area (Å²) in [7, 11) is 0. The van der Waals surface area contributed by atoms with Gasteiger partial charge in [0, 0.05) is 6.54 Å². The van der Waals surface area contributed by atoms with E-state index >= 15 is 0 Å². The monoisotopic (exact) mass is 231 g/mol. The molecule has 0 rings (SSSR count). The van der Waals surface area contributed by atoms with Crippen LogP contribution in [0.15, 0.2) is 0 Å². The molecule has 0 fully saturated rings. The van der Waals surface area contributed by atoms with Gasteiger partial charge in [-0.15, -0.1) is 0 Å². The lowest BCUT2D eigenvalue weighted by Crippen LogP contribution is -2.39. The number of aliphatic carboxylic acids is 1. The summed E-state index contributed by atoms with van der Waals surface area (Å²) < 4.78 is 5.82. The third kappa shape index (κ3) is 9.93. The molecule has 0 aromatic rings. The van der Waals surface area contributed by atoms with Crippen LogP contribution in [0.5, 0.6) is 0 Å². The Morgan fingerprint density at radius 2 is 2.06 bits per heavy atom. The van der Waals surface area contributed by atoms with E-state index in [-0.39, 0.29) is 18.2 Å². The molecule has 0 amide bonds. The Hall–Kier alpha value is -0.610. The van der Waals surface area contributed by atoms with E-state index in [4.69, 9.17) is 9.84 Å². The van der Waals surface area contributed by atoms with Crippen LogP contribution in [-0.4, -0.2) is 29.4 Å². The molecule has 1 unspecified atom stereocenters. The van der Waals surface area contributed by atoms with Crippen molar-refractivity contribution >= 4 is 5.97 Å². The fraction of sp³-hybridized carbons (Fsp3) is 0.917. The first-order valence-electron chi connectivity index (χ1n) is 5.98. The molecule has 0 bridgehead atoms. The normalized spacial score (nSPS) is 13.8. The fourth-order valence-corrected chi connectivity index (χ4v) is 1.36. The van der Waals surface area contributed by atoms with Crippen LogP contribution in [0.4, 0.5) is 0 Å². The molecule has 0 saturated carbocycles. The minimum Gasteiger partial charge on any atom is -0.481 e. The highest BCUT2D eigenvalue weighted by atomic mass is 16.5. The molecule has 0 aliphatic rings. The van der Waals surface area contributed by atoms with E-state index in [1.807, 2.05) is 20.8 Å². The highest BCUT2D eigenvalue weighted by Gasteiger charge is 2.17. The predicted molar refractivity (Wildman–Crippen MR) is 64.4 cm³/mol. The number of nitrogens with one attached hydrogen (secondary N) is 1. The van der Waals surface area contributed by atoms with Gasteiger partial charge >= 0.3 is 5.97 Å². The molecule has 1 atom stereocenters. The molecule has 0 aromatic carbocycles. The van der Waals surface area contributed by atoms with Gasteiger partial charge in [-0.1, -0.05) is 13.3 Å². The number of ether oxygens (including phenoxy) is 1. The summed E-state index contributed by atoms with van der Waals surface area (Å²) >= 11 is 0. The molecule has 0 aromatic heterocycles. The van der Waals surface area contributed by atoms with Gasteiger partial charge in [0.1, 0.15) is 6.23 Å². The minimum absolute atomic E-state index is 0.0423. The highest BCUT2D eigenvalue weighted by molar-refractivity contribution is 5.66. The summed E-state index contributed by atoms with van der Waals surface area (Å²) in [6.45, 7) is 8.60. The van der Waals surface area contributed by atoms with Crippen molar-refractivity contribution in [3.05, 3.63) is 0 Å². The number of unbranched alkanes of at least 4 members (excludes halogenated alkanes) is 1. The first kappa shape index (κ1) is 15.4. The van der Waals surface area contributed by atoms with E-state index in [9.17, 15) is 4.79 Å². The second kappa shape index (κ2) is 7.63. The Morgan fingerprint density at radius 1 is 1.44 bits per heavy atom. The van der Waals surface area contributed by atoms with Crippen LogP contribution >= 0.6 is 0 Å². The molecule has 16 heavy (non-hydrogen) atoms. The van der Waals surface area contributed by atoms with Gasteiger partial charge in [0.15, 0.2) is 0 Å². The maximum absolute atomic E-state index is 10.4. The Kier molecular flexibility index (Phi) is 7.34. The smallest absolute Gasteiger partial charge is 0.304 e. The van der Waals surface area contributed by atoms with Crippen molar-refractivity contribution in [2.24, 2.45) is 0 Å². The van der Waals surface area contributed by atoms with E-state index in [0.717, 1.165) is 19.3 Å². The molecular formula is C12H25NO3. The van der Waals surface area contributed by atoms with Crippen molar-refractivity contribution in [2.45, 2.75) is 65.2 Å². The number of carboxylic acids is 1. The van der Waals surface area contributed by atoms with Gasteiger partial charge in [-0.3, -0.25) is 10.1 Å². The molecular weight excluding hydrogens is 206 g/mol. The van der Waals surface area contributed by atoms with E-state index < -0.39 is 5.97 Å². The third-order valence-corrected chi connectivity index (χ3v) is 2.03. The number of hydrogen-bond acceptors (Lipinski definition) is 3. The van der Waals surface area contributed by atoms with Gasteiger partial charge < -0.3 is 9.84 Å². The van der Waals surface area contributed by atoms with Gasteiger partial charge in [0.2, 0.25) is 0 Å². The van der Waals surface area contributed by atoms with Crippen molar-refractivity contribution in [3.63, 3.8) is 0 Å². The van der Waals surface area contributed by atoms with Crippen LogP contribution in [0.3, 0.4) is 0 Å². The van der Waals surface area contributed by atoms with Crippen LogP contribution in [0.1, 0.15) is 53.4 Å². The molecule has 0 spiro atoms. The molecule has 96 valence electrons. The average molecular weight is 231 g/mol. The average Bonchev–Trinajstić information content (AvgIpc) is 2.11. The summed E-state index contributed by atoms with van der Waals surface area (Å²) in [6, 6.07) is 0. The van der Waals surface area contributed by atoms with Crippen molar-refractivity contribution in [3.8, 4) is 0 Å². The first-order valence-corrected chi connectivity index (χ1v) is 5.98. The van der Waals surface area contributed by atoms with Crippen LogP contribution in [0.2, 0.25) is 0 Å². The SMILES string of the molecule is CCCCC(NCCC(=O)O)OC(C)(C)C. The zero-order valence-electron chi connectivity index (χ0n) is 10.9. The van der Waals surface area contributed by atoms with Gasteiger partial charge in [0.05, 0.1) is 12.0 Å². The number of rotatable bonds is 8. The Labute approximate surface area is 98.4 Å². The standard InChI is InChI=1S/C12H25NO3/c1-5-6-7-10(16-12(2,3)4)13-9-8-11(14)15/h10,13H,5-9H2,1-4H3,(H,14,15). The quantitative estimate of drug-likeness (QED) is 0.630. The molecule has 0 aliphatic heterocycles. The van der Waals surface area contributed by atoms with E-state index in [2.05, 4.69) is 12.2 Å². The Balaban J connectivity index is 3.95. The summed E-state index contributed by atoms with van der Waals surface area (Å²) in [6.07, 6.45) is 3.22. The molecule has 0 saturated heterocycles. The van der Waals surface area contributed by atoms with Crippen LogP contribution in [-0.2, 0) is 9.53 Å². The maximum atomic E-state index is 10.4. The fourth-order valence-electron chi connectivity index (χ4n) is 1.36. The van der Waals surface area contributed by atoms with Gasteiger partial charge in [-0.05, 0) is 33.6 Å². The van der Waals surface area contributed by atoms with Gasteiger partial charge in [-0.2, -0.15) is 0 Å². The Morgan fingerprint density at radius 3 is 2.50 bits per heavy atom. The molecule has 0 aliphatic carbocycles. The second-order valence-electron chi connectivity index (χ2n) is 4.96. The summed E-state index contributed by atoms with van der Waals surface area (Å²) in [5, 5.41) is 11.7. The number of carbonyl (C=O) groups is 1. The first-order chi connectivity index (χ1) is 7.35. The predicted octanol–water partition coefficient (Wildman–Crippen LogP) is 2.38. The summed E-state index contributed by atoms with van der Waals surface area (Å²) in [4.78, 5) is 10.4. The van der Waals surface area contributed by atoms with Crippen molar-refractivity contribution in [1.82, 2.24) is 5.32 Å². The lowest BCUT2D eigenvalue weighted by molar-refractivity contribution is -0.137. The van der Waals surface area contributed by atoms with Gasteiger partial charge in [0.25, 0.3) is 0 Å². The molecule has 2 N–H and O–H groups in total. The lowest BCUT2D eigenvalue weighted by Gasteiger charge is -2.28. The lowest BCUT2D eigenvalue weighted by atomic mass is 10.1. The van der Waals surface area contributed by atoms with Crippen molar-refractivity contribution in [1.29, 1.82) is 0 Å². The number of hydrogen-bond donors (Lipinski definition) is 2. The minimum atomic E-state index is -0.780. The van der Waals surface area contributed by atoms with Crippen LogP contribution < -0.4 is 5.32 Å². The molecule has 0 heterocycles. The van der Waals surface area contributed by atoms with Crippen LogP contribution in [0.25, 0.3) is 0 Å². The van der Waals surface area contributed by atoms with E-state index in [1.165, 1.54) is 0 Å². The zero-order valence-corrected chi connectivity index (χ0v) is 10.9. The largest absolute Gasteiger partial charge is 0.481 e. The van der Waals surface area contributed by atoms with Gasteiger partial charge in [-0.25, -0.2) is 0 Å². The highest BCUT2D eigenvalue weighted by Crippen LogP contribution is 2.13. The van der Waals surface area contributed by atoms with E-state index in [1.54, 1.807) is 0 Å². The molecule has 0 radical (unpaired) electrons. The third-order valence-electron chi connectivity index (χ3n) is 2.03. The van der Waals surface area contributed by atoms with Crippen molar-refractivity contribution in [2.75, 3.05) is 6.54 Å².